The largest absolute Gasteiger partial charge is 0.346 e. The first kappa shape index (κ1) is 17.9. The molecule has 1 aliphatic rings. The van der Waals surface area contributed by atoms with Crippen molar-refractivity contribution in [2.24, 2.45) is 0 Å². The van der Waals surface area contributed by atoms with Gasteiger partial charge in [0.05, 0.1) is 10.9 Å². The smallest absolute Gasteiger partial charge is 0.251 e. The molecule has 0 unspecified atom stereocenters. The number of carbonyl (C=O) groups is 1. The molecule has 25 heavy (non-hydrogen) atoms. The molecule has 1 saturated carbocycles. The first-order chi connectivity index (χ1) is 11.8. The van der Waals surface area contributed by atoms with Gasteiger partial charge < -0.3 is 5.32 Å². The van der Waals surface area contributed by atoms with Crippen molar-refractivity contribution in [1.82, 2.24) is 10.0 Å². The summed E-state index contributed by atoms with van der Waals surface area (Å²) < 4.78 is 26.9. The molecular formula is C18H19ClN2O3S. The quantitative estimate of drug-likeness (QED) is 0.810. The highest BCUT2D eigenvalue weighted by atomic mass is 35.5. The highest BCUT2D eigenvalue weighted by molar-refractivity contribution is 7.89. The molecule has 2 aromatic rings. The van der Waals surface area contributed by atoms with Crippen LogP contribution in [0.25, 0.3) is 0 Å². The first-order valence-corrected chi connectivity index (χ1v) is 9.90. The number of rotatable bonds is 6. The second-order valence-corrected chi connectivity index (χ2v) is 8.32. The Hall–Kier alpha value is -1.89. The van der Waals surface area contributed by atoms with Crippen molar-refractivity contribution in [3.63, 3.8) is 0 Å². The Morgan fingerprint density at radius 1 is 1.08 bits per heavy atom. The molecule has 2 N–H and O–H groups in total. The molecule has 0 saturated heterocycles. The van der Waals surface area contributed by atoms with Crippen LogP contribution in [0.4, 0.5) is 0 Å². The molecule has 7 heteroatoms. The summed E-state index contributed by atoms with van der Waals surface area (Å²) in [5, 5.41) is 3.52. The minimum Gasteiger partial charge on any atom is -0.346 e. The summed E-state index contributed by atoms with van der Waals surface area (Å²) in [5.41, 5.74) is 1.34. The fourth-order valence-electron chi connectivity index (χ4n) is 2.39. The van der Waals surface area contributed by atoms with Gasteiger partial charge in [-0.3, -0.25) is 4.79 Å². The van der Waals surface area contributed by atoms with E-state index in [-0.39, 0.29) is 22.9 Å². The molecule has 3 rings (SSSR count). The van der Waals surface area contributed by atoms with E-state index in [0.717, 1.165) is 18.4 Å². The Kier molecular flexibility index (Phi) is 5.13. The molecule has 1 atom stereocenters. The number of benzene rings is 2. The Labute approximate surface area is 152 Å². The molecule has 0 heterocycles. The monoisotopic (exact) mass is 378 g/mol. The number of nitrogens with one attached hydrogen (secondary N) is 2. The van der Waals surface area contributed by atoms with Crippen LogP contribution in [0.3, 0.4) is 0 Å². The van der Waals surface area contributed by atoms with Gasteiger partial charge in [0.2, 0.25) is 10.0 Å². The lowest BCUT2D eigenvalue weighted by molar-refractivity contribution is 0.0940. The molecule has 0 aliphatic heterocycles. The Bertz CT molecular complexity index is 860. The fourth-order valence-corrected chi connectivity index (χ4v) is 3.82. The third-order valence-corrected chi connectivity index (χ3v) is 5.83. The summed E-state index contributed by atoms with van der Waals surface area (Å²) in [5.74, 6) is -0.262. The van der Waals surface area contributed by atoms with Gasteiger partial charge in [-0.25, -0.2) is 13.1 Å². The van der Waals surface area contributed by atoms with Crippen molar-refractivity contribution < 1.29 is 13.2 Å². The zero-order valence-corrected chi connectivity index (χ0v) is 15.3. The molecule has 1 fully saturated rings. The van der Waals surface area contributed by atoms with Gasteiger partial charge in [0.1, 0.15) is 0 Å². The topological polar surface area (TPSA) is 75.3 Å². The first-order valence-electron chi connectivity index (χ1n) is 8.04. The van der Waals surface area contributed by atoms with E-state index < -0.39 is 10.0 Å². The van der Waals surface area contributed by atoms with Gasteiger partial charge in [-0.2, -0.15) is 0 Å². The van der Waals surface area contributed by atoms with Crippen LogP contribution in [-0.2, 0) is 10.0 Å². The maximum atomic E-state index is 12.3. The number of carbonyl (C=O) groups excluding carboxylic acids is 1. The SMILES string of the molecule is C[C@H](NC(=O)c1ccc(S(=O)(=O)NC2CC2)cc1)c1ccc(Cl)cc1. The van der Waals surface area contributed by atoms with Crippen molar-refractivity contribution >= 4 is 27.5 Å². The van der Waals surface area contributed by atoms with Gasteiger partial charge in [-0.15, -0.1) is 0 Å². The molecule has 5 nitrogen and oxygen atoms in total. The molecule has 0 radical (unpaired) electrons. The summed E-state index contributed by atoms with van der Waals surface area (Å²) in [6.45, 7) is 1.87. The van der Waals surface area contributed by atoms with Gasteiger partial charge in [0, 0.05) is 16.6 Å². The van der Waals surface area contributed by atoms with E-state index in [1.165, 1.54) is 24.3 Å². The van der Waals surface area contributed by atoms with Crippen LogP contribution < -0.4 is 10.0 Å². The van der Waals surface area contributed by atoms with E-state index in [4.69, 9.17) is 11.6 Å². The third kappa shape index (κ3) is 4.60. The molecular weight excluding hydrogens is 360 g/mol. The second kappa shape index (κ2) is 7.15. The molecule has 0 bridgehead atoms. The van der Waals surface area contributed by atoms with Gasteiger partial charge in [0.25, 0.3) is 5.91 Å². The van der Waals surface area contributed by atoms with E-state index in [2.05, 4.69) is 10.0 Å². The predicted octanol–water partition coefficient (Wildman–Crippen LogP) is 3.27. The third-order valence-electron chi connectivity index (χ3n) is 4.04. The molecule has 0 aromatic heterocycles. The average molecular weight is 379 g/mol. The maximum Gasteiger partial charge on any atom is 0.251 e. The second-order valence-electron chi connectivity index (χ2n) is 6.17. The number of halogens is 1. The van der Waals surface area contributed by atoms with Crippen molar-refractivity contribution in [2.45, 2.75) is 36.7 Å². The van der Waals surface area contributed by atoms with Crippen LogP contribution in [0, 0.1) is 0 Å². The van der Waals surface area contributed by atoms with E-state index in [1.54, 1.807) is 12.1 Å². The molecule has 2 aromatic carbocycles. The summed E-state index contributed by atoms with van der Waals surface area (Å²) in [7, 11) is -3.50. The van der Waals surface area contributed by atoms with Crippen LogP contribution in [0.5, 0.6) is 0 Å². The Balaban J connectivity index is 1.67. The van der Waals surface area contributed by atoms with Crippen LogP contribution in [0.1, 0.15) is 41.7 Å². The zero-order chi connectivity index (χ0) is 18.0. The zero-order valence-electron chi connectivity index (χ0n) is 13.7. The lowest BCUT2D eigenvalue weighted by Crippen LogP contribution is -2.27. The lowest BCUT2D eigenvalue weighted by Gasteiger charge is -2.14. The standard InChI is InChI=1S/C18H19ClN2O3S/c1-12(13-2-6-15(19)7-3-13)20-18(22)14-4-10-17(11-5-14)25(23,24)21-16-8-9-16/h2-7,10-12,16,21H,8-9H2,1H3,(H,20,22)/t12-/m0/s1. The molecule has 1 aliphatic carbocycles. The van der Waals surface area contributed by atoms with E-state index in [0.29, 0.717) is 10.6 Å². The van der Waals surface area contributed by atoms with Crippen molar-refractivity contribution in [3.8, 4) is 0 Å². The van der Waals surface area contributed by atoms with E-state index in [1.807, 2.05) is 19.1 Å². The van der Waals surface area contributed by atoms with Crippen LogP contribution >= 0.6 is 11.6 Å². The van der Waals surface area contributed by atoms with Crippen LogP contribution in [0.15, 0.2) is 53.4 Å². The minimum atomic E-state index is -3.50. The summed E-state index contributed by atoms with van der Waals surface area (Å²) >= 11 is 5.86. The highest BCUT2D eigenvalue weighted by Gasteiger charge is 2.28. The number of amides is 1. The lowest BCUT2D eigenvalue weighted by atomic mass is 10.1. The summed E-state index contributed by atoms with van der Waals surface area (Å²) in [4.78, 5) is 12.5. The number of hydrogen-bond donors (Lipinski definition) is 2. The summed E-state index contributed by atoms with van der Waals surface area (Å²) in [6.07, 6.45) is 1.75. The van der Waals surface area contributed by atoms with Crippen molar-refractivity contribution in [2.75, 3.05) is 0 Å². The van der Waals surface area contributed by atoms with Gasteiger partial charge in [-0.05, 0) is 61.7 Å². The highest BCUT2D eigenvalue weighted by Crippen LogP contribution is 2.22. The van der Waals surface area contributed by atoms with Crippen molar-refractivity contribution in [3.05, 3.63) is 64.7 Å². The minimum absolute atomic E-state index is 0.0493. The van der Waals surface area contributed by atoms with Crippen molar-refractivity contribution in [1.29, 1.82) is 0 Å². The molecule has 1 amide bonds. The van der Waals surface area contributed by atoms with E-state index >= 15 is 0 Å². The van der Waals surface area contributed by atoms with Gasteiger partial charge in [-0.1, -0.05) is 23.7 Å². The number of sulfonamides is 1. The van der Waals surface area contributed by atoms with Crippen LogP contribution in [-0.4, -0.2) is 20.4 Å². The Morgan fingerprint density at radius 3 is 2.24 bits per heavy atom. The predicted molar refractivity (Wildman–Crippen MR) is 97.1 cm³/mol. The average Bonchev–Trinajstić information content (AvgIpc) is 3.38. The molecule has 0 spiro atoms. The molecule has 132 valence electrons. The van der Waals surface area contributed by atoms with Crippen LogP contribution in [0.2, 0.25) is 5.02 Å². The summed E-state index contributed by atoms with van der Waals surface area (Å²) in [6, 6.07) is 13.0. The maximum absolute atomic E-state index is 12.3. The fraction of sp³-hybridized carbons (Fsp3) is 0.278. The number of hydrogen-bond acceptors (Lipinski definition) is 3. The van der Waals surface area contributed by atoms with Gasteiger partial charge in [0.15, 0.2) is 0 Å². The van der Waals surface area contributed by atoms with Gasteiger partial charge >= 0.3 is 0 Å². The normalized spacial score (nSPS) is 15.6. The Morgan fingerprint density at radius 2 is 1.68 bits per heavy atom. The van der Waals surface area contributed by atoms with E-state index in [9.17, 15) is 13.2 Å².